The molecule has 4 nitrogen and oxygen atoms in total. The zero-order chi connectivity index (χ0) is 12.3. The second-order valence-corrected chi connectivity index (χ2v) is 3.78. The highest BCUT2D eigenvalue weighted by atomic mass is 16.2. The summed E-state index contributed by atoms with van der Waals surface area (Å²) < 4.78 is 0. The summed E-state index contributed by atoms with van der Waals surface area (Å²) in [5.74, 6) is -0.485. The average molecular weight is 230 g/mol. The second kappa shape index (κ2) is 4.82. The summed E-state index contributed by atoms with van der Waals surface area (Å²) in [6.07, 6.45) is 1.36. The van der Waals surface area contributed by atoms with Gasteiger partial charge in [0.2, 0.25) is 0 Å². The largest absolute Gasteiger partial charge is 0.376 e. The number of likely N-dealkylation sites (N-methyl/N-ethyl adjacent to an activating group) is 1. The summed E-state index contributed by atoms with van der Waals surface area (Å²) in [4.78, 5) is 24.4. The number of carbonyl (C=O) groups is 2. The van der Waals surface area contributed by atoms with Gasteiger partial charge in [0.05, 0.1) is 0 Å². The monoisotopic (exact) mass is 230 g/mol. The molecule has 17 heavy (non-hydrogen) atoms. The van der Waals surface area contributed by atoms with E-state index < -0.39 is 0 Å². The second-order valence-electron chi connectivity index (χ2n) is 3.78. The molecule has 1 heterocycles. The lowest BCUT2D eigenvalue weighted by Gasteiger charge is -2.12. The lowest BCUT2D eigenvalue weighted by molar-refractivity contribution is -0.137. The number of carbonyl (C=O) groups excluding carboxylic acids is 2. The minimum Gasteiger partial charge on any atom is -0.376 e. The van der Waals surface area contributed by atoms with Crippen LogP contribution >= 0.6 is 0 Å². The lowest BCUT2D eigenvalue weighted by atomic mass is 10.2. The van der Waals surface area contributed by atoms with Crippen LogP contribution in [0.2, 0.25) is 0 Å². The van der Waals surface area contributed by atoms with E-state index in [9.17, 15) is 9.59 Å². The van der Waals surface area contributed by atoms with Crippen molar-refractivity contribution in [2.45, 2.75) is 13.5 Å². The van der Waals surface area contributed by atoms with E-state index in [0.717, 1.165) is 5.56 Å². The maximum absolute atomic E-state index is 11.7. The van der Waals surface area contributed by atoms with E-state index in [1.807, 2.05) is 30.3 Å². The molecule has 0 saturated carbocycles. The van der Waals surface area contributed by atoms with Gasteiger partial charge in [-0.15, -0.1) is 0 Å². The van der Waals surface area contributed by atoms with E-state index in [0.29, 0.717) is 18.8 Å². The Balaban J connectivity index is 1.99. The van der Waals surface area contributed by atoms with Crippen LogP contribution in [-0.4, -0.2) is 23.3 Å². The third-order valence-electron chi connectivity index (χ3n) is 2.65. The number of hydrogen-bond donors (Lipinski definition) is 1. The summed E-state index contributed by atoms with van der Waals surface area (Å²) in [7, 11) is 0. The topological polar surface area (TPSA) is 49.4 Å². The van der Waals surface area contributed by atoms with Crippen molar-refractivity contribution in [1.82, 2.24) is 10.2 Å². The molecule has 0 spiro atoms. The molecule has 1 aromatic rings. The van der Waals surface area contributed by atoms with Gasteiger partial charge in [-0.05, 0) is 12.5 Å². The van der Waals surface area contributed by atoms with Crippen LogP contribution in [0.3, 0.4) is 0 Å². The maximum Gasteiger partial charge on any atom is 0.276 e. The van der Waals surface area contributed by atoms with Gasteiger partial charge in [-0.2, -0.15) is 0 Å². The lowest BCUT2D eigenvalue weighted by Crippen LogP contribution is -2.33. The SMILES string of the molecule is CCN1C(=O)C=C(NCc2ccccc2)C1=O. The summed E-state index contributed by atoms with van der Waals surface area (Å²) in [6, 6.07) is 9.74. The maximum atomic E-state index is 11.7. The molecule has 1 N–H and O–H groups in total. The van der Waals surface area contributed by atoms with Crippen molar-refractivity contribution < 1.29 is 9.59 Å². The number of hydrogen-bond acceptors (Lipinski definition) is 3. The summed E-state index contributed by atoms with van der Waals surface area (Å²) in [5.41, 5.74) is 1.45. The van der Waals surface area contributed by atoms with Gasteiger partial charge in [-0.25, -0.2) is 0 Å². The predicted molar refractivity (Wildman–Crippen MR) is 63.8 cm³/mol. The molecule has 4 heteroatoms. The van der Waals surface area contributed by atoms with Crippen molar-refractivity contribution >= 4 is 11.8 Å². The van der Waals surface area contributed by atoms with E-state index in [1.54, 1.807) is 6.92 Å². The quantitative estimate of drug-likeness (QED) is 0.786. The zero-order valence-electron chi connectivity index (χ0n) is 9.64. The first-order valence-corrected chi connectivity index (χ1v) is 5.57. The number of benzene rings is 1. The minimum absolute atomic E-state index is 0.242. The van der Waals surface area contributed by atoms with Crippen LogP contribution in [0.5, 0.6) is 0 Å². The molecular weight excluding hydrogens is 216 g/mol. The van der Waals surface area contributed by atoms with Gasteiger partial charge in [0.1, 0.15) is 5.70 Å². The third-order valence-corrected chi connectivity index (χ3v) is 2.65. The standard InChI is InChI=1S/C13H14N2O2/c1-2-15-12(16)8-11(13(15)17)14-9-10-6-4-3-5-7-10/h3-8,14H,2,9H2,1H3. The van der Waals surface area contributed by atoms with Crippen LogP contribution < -0.4 is 5.32 Å². The fraction of sp³-hybridized carbons (Fsp3) is 0.231. The Morgan fingerprint density at radius 1 is 1.18 bits per heavy atom. The highest BCUT2D eigenvalue weighted by molar-refractivity contribution is 6.15. The van der Waals surface area contributed by atoms with Crippen LogP contribution in [0, 0.1) is 0 Å². The molecule has 88 valence electrons. The molecule has 0 atom stereocenters. The van der Waals surface area contributed by atoms with Gasteiger partial charge in [0, 0.05) is 19.2 Å². The molecular formula is C13H14N2O2. The third kappa shape index (κ3) is 2.36. The van der Waals surface area contributed by atoms with Crippen LogP contribution in [0.15, 0.2) is 42.1 Å². The molecule has 0 radical (unpaired) electrons. The Kier molecular flexibility index (Phi) is 3.23. The van der Waals surface area contributed by atoms with Gasteiger partial charge in [-0.1, -0.05) is 30.3 Å². The Morgan fingerprint density at radius 2 is 1.88 bits per heavy atom. The summed E-state index contributed by atoms with van der Waals surface area (Å²) >= 11 is 0. The van der Waals surface area contributed by atoms with E-state index in [-0.39, 0.29) is 11.8 Å². The van der Waals surface area contributed by atoms with Crippen molar-refractivity contribution in [3.8, 4) is 0 Å². The molecule has 0 aliphatic carbocycles. The van der Waals surface area contributed by atoms with Gasteiger partial charge >= 0.3 is 0 Å². The van der Waals surface area contributed by atoms with Crippen molar-refractivity contribution in [3.63, 3.8) is 0 Å². The smallest absolute Gasteiger partial charge is 0.276 e. The Bertz CT molecular complexity index is 466. The molecule has 1 aromatic carbocycles. The molecule has 0 saturated heterocycles. The first-order valence-electron chi connectivity index (χ1n) is 5.57. The predicted octanol–water partition coefficient (Wildman–Crippen LogP) is 1.05. The summed E-state index contributed by atoms with van der Waals surface area (Å²) in [5, 5.41) is 2.99. The number of nitrogens with one attached hydrogen (secondary N) is 1. The first-order chi connectivity index (χ1) is 8.22. The zero-order valence-corrected chi connectivity index (χ0v) is 9.64. The molecule has 2 amide bonds. The van der Waals surface area contributed by atoms with Gasteiger partial charge in [-0.3, -0.25) is 14.5 Å². The van der Waals surface area contributed by atoms with Crippen molar-refractivity contribution in [3.05, 3.63) is 47.7 Å². The molecule has 1 aliphatic heterocycles. The fourth-order valence-corrected chi connectivity index (χ4v) is 1.73. The first kappa shape index (κ1) is 11.4. The van der Waals surface area contributed by atoms with Gasteiger partial charge < -0.3 is 5.32 Å². The van der Waals surface area contributed by atoms with Crippen molar-refractivity contribution in [2.24, 2.45) is 0 Å². The van der Waals surface area contributed by atoms with Crippen molar-refractivity contribution in [2.75, 3.05) is 6.54 Å². The highest BCUT2D eigenvalue weighted by Crippen LogP contribution is 2.10. The molecule has 0 aromatic heterocycles. The number of rotatable bonds is 4. The highest BCUT2D eigenvalue weighted by Gasteiger charge is 2.29. The van der Waals surface area contributed by atoms with Crippen LogP contribution in [0.1, 0.15) is 12.5 Å². The normalized spacial score (nSPS) is 15.1. The molecule has 1 aliphatic rings. The fourth-order valence-electron chi connectivity index (χ4n) is 1.73. The molecule has 2 rings (SSSR count). The van der Waals surface area contributed by atoms with Gasteiger partial charge in [0.15, 0.2) is 0 Å². The Hall–Kier alpha value is -2.10. The molecule has 0 unspecified atom stereocenters. The van der Waals surface area contributed by atoms with Crippen LogP contribution in [-0.2, 0) is 16.1 Å². The number of imide groups is 1. The van der Waals surface area contributed by atoms with E-state index in [4.69, 9.17) is 0 Å². The van der Waals surface area contributed by atoms with Crippen LogP contribution in [0.4, 0.5) is 0 Å². The van der Waals surface area contributed by atoms with Crippen LogP contribution in [0.25, 0.3) is 0 Å². The number of nitrogens with zero attached hydrogens (tertiary/aromatic N) is 1. The molecule has 0 bridgehead atoms. The van der Waals surface area contributed by atoms with E-state index >= 15 is 0 Å². The van der Waals surface area contributed by atoms with Gasteiger partial charge in [0.25, 0.3) is 11.8 Å². The van der Waals surface area contributed by atoms with Crippen molar-refractivity contribution in [1.29, 1.82) is 0 Å². The minimum atomic E-state index is -0.243. The summed E-state index contributed by atoms with van der Waals surface area (Å²) in [6.45, 7) is 2.73. The number of amides is 2. The average Bonchev–Trinajstić information content (AvgIpc) is 2.63. The van der Waals surface area contributed by atoms with E-state index in [2.05, 4.69) is 5.32 Å². The molecule has 0 fully saturated rings. The Morgan fingerprint density at radius 3 is 2.47 bits per heavy atom. The Labute approximate surface area is 99.9 Å². The van der Waals surface area contributed by atoms with E-state index in [1.165, 1.54) is 11.0 Å².